The summed E-state index contributed by atoms with van der Waals surface area (Å²) in [5.41, 5.74) is 3.18. The third-order valence-electron chi connectivity index (χ3n) is 5.78. The Kier molecular flexibility index (Phi) is 9.25. The Bertz CT molecular complexity index is 1260. The Balaban J connectivity index is 2.02. The van der Waals surface area contributed by atoms with Crippen LogP contribution in [0.1, 0.15) is 23.6 Å². The standard InChI is InChI=1S/C28H33N3O4S/c1-4-29-28(33)26(19-23-13-7-5-8-14-23)30(20-24-15-11-12-22(2)18-24)27(32)21-31(36(3,34)35)25-16-9-6-10-17-25/h5-18,26H,4,19-21H2,1-3H3,(H,29,33)/t26-/m0/s1. The number of anilines is 1. The second kappa shape index (κ2) is 12.4. The van der Waals surface area contributed by atoms with Gasteiger partial charge in [0.05, 0.1) is 11.9 Å². The van der Waals surface area contributed by atoms with Gasteiger partial charge in [-0.1, -0.05) is 78.4 Å². The van der Waals surface area contributed by atoms with Gasteiger partial charge in [0.1, 0.15) is 12.6 Å². The molecule has 0 aromatic heterocycles. The van der Waals surface area contributed by atoms with Crippen LogP contribution in [-0.2, 0) is 32.6 Å². The van der Waals surface area contributed by atoms with E-state index < -0.39 is 28.5 Å². The minimum atomic E-state index is -3.76. The number of nitrogens with zero attached hydrogens (tertiary/aromatic N) is 2. The van der Waals surface area contributed by atoms with E-state index in [-0.39, 0.29) is 12.5 Å². The molecule has 1 atom stereocenters. The molecular weight excluding hydrogens is 474 g/mol. The van der Waals surface area contributed by atoms with Crippen LogP contribution >= 0.6 is 0 Å². The fourth-order valence-corrected chi connectivity index (χ4v) is 4.91. The van der Waals surface area contributed by atoms with Gasteiger partial charge in [0, 0.05) is 19.5 Å². The lowest BCUT2D eigenvalue weighted by molar-refractivity contribution is -0.140. The number of likely N-dealkylation sites (N-methyl/N-ethyl adjacent to an activating group) is 1. The van der Waals surface area contributed by atoms with Crippen LogP contribution in [0.25, 0.3) is 0 Å². The summed E-state index contributed by atoms with van der Waals surface area (Å²) >= 11 is 0. The monoisotopic (exact) mass is 507 g/mol. The third kappa shape index (κ3) is 7.42. The maximum absolute atomic E-state index is 13.8. The summed E-state index contributed by atoms with van der Waals surface area (Å²) in [4.78, 5) is 28.6. The molecule has 190 valence electrons. The van der Waals surface area contributed by atoms with Gasteiger partial charge in [0.15, 0.2) is 0 Å². The third-order valence-corrected chi connectivity index (χ3v) is 6.92. The topological polar surface area (TPSA) is 86.8 Å². The van der Waals surface area contributed by atoms with Crippen LogP contribution < -0.4 is 9.62 Å². The van der Waals surface area contributed by atoms with Gasteiger partial charge in [0.25, 0.3) is 0 Å². The van der Waals surface area contributed by atoms with Gasteiger partial charge in [-0.25, -0.2) is 8.42 Å². The SMILES string of the molecule is CCNC(=O)[C@H](Cc1ccccc1)N(Cc1cccc(C)c1)C(=O)CN(c1ccccc1)S(C)(=O)=O. The van der Waals surface area contributed by atoms with E-state index in [2.05, 4.69) is 5.32 Å². The number of carbonyl (C=O) groups is 2. The number of nitrogens with one attached hydrogen (secondary N) is 1. The van der Waals surface area contributed by atoms with Crippen LogP contribution in [-0.4, -0.2) is 50.5 Å². The molecule has 0 aliphatic rings. The fraction of sp³-hybridized carbons (Fsp3) is 0.286. The molecule has 0 saturated heterocycles. The zero-order chi connectivity index (χ0) is 26.1. The highest BCUT2D eigenvalue weighted by Crippen LogP contribution is 2.20. The van der Waals surface area contributed by atoms with Crippen LogP contribution in [0.3, 0.4) is 0 Å². The first-order valence-electron chi connectivity index (χ1n) is 11.9. The fourth-order valence-electron chi connectivity index (χ4n) is 4.06. The molecule has 7 nitrogen and oxygen atoms in total. The van der Waals surface area contributed by atoms with Gasteiger partial charge in [0.2, 0.25) is 21.8 Å². The average Bonchev–Trinajstić information content (AvgIpc) is 2.85. The van der Waals surface area contributed by atoms with Gasteiger partial charge >= 0.3 is 0 Å². The Morgan fingerprint density at radius 1 is 0.889 bits per heavy atom. The second-order valence-electron chi connectivity index (χ2n) is 8.72. The minimum Gasteiger partial charge on any atom is -0.355 e. The average molecular weight is 508 g/mol. The number of sulfonamides is 1. The van der Waals surface area contributed by atoms with E-state index in [0.717, 1.165) is 27.3 Å². The molecular formula is C28H33N3O4S. The van der Waals surface area contributed by atoms with Crippen molar-refractivity contribution in [2.75, 3.05) is 23.7 Å². The van der Waals surface area contributed by atoms with E-state index in [1.54, 1.807) is 30.3 Å². The molecule has 0 fully saturated rings. The largest absolute Gasteiger partial charge is 0.355 e. The molecule has 3 aromatic carbocycles. The molecule has 0 heterocycles. The van der Waals surface area contributed by atoms with Gasteiger partial charge < -0.3 is 10.2 Å². The molecule has 3 rings (SSSR count). The molecule has 36 heavy (non-hydrogen) atoms. The number of rotatable bonds is 11. The number of carbonyl (C=O) groups excluding carboxylic acids is 2. The van der Waals surface area contributed by atoms with E-state index in [1.807, 2.05) is 68.4 Å². The maximum atomic E-state index is 13.8. The summed E-state index contributed by atoms with van der Waals surface area (Å²) in [6.07, 6.45) is 1.37. The predicted molar refractivity (Wildman–Crippen MR) is 143 cm³/mol. The molecule has 3 aromatic rings. The molecule has 1 N–H and O–H groups in total. The lowest BCUT2D eigenvalue weighted by Crippen LogP contribution is -2.53. The molecule has 0 radical (unpaired) electrons. The van der Waals surface area contributed by atoms with Crippen molar-refractivity contribution in [1.29, 1.82) is 0 Å². The highest BCUT2D eigenvalue weighted by atomic mass is 32.2. The van der Waals surface area contributed by atoms with Gasteiger partial charge in [-0.3, -0.25) is 13.9 Å². The number of para-hydroxylation sites is 1. The second-order valence-corrected chi connectivity index (χ2v) is 10.6. The summed E-state index contributed by atoms with van der Waals surface area (Å²) in [6.45, 7) is 3.95. The molecule has 0 spiro atoms. The number of amides is 2. The summed E-state index contributed by atoms with van der Waals surface area (Å²) in [7, 11) is -3.76. The minimum absolute atomic E-state index is 0.168. The van der Waals surface area contributed by atoms with Crippen LogP contribution in [0.4, 0.5) is 5.69 Å². The summed E-state index contributed by atoms with van der Waals surface area (Å²) in [5.74, 6) is -0.744. The maximum Gasteiger partial charge on any atom is 0.244 e. The summed E-state index contributed by atoms with van der Waals surface area (Å²) in [5, 5.41) is 2.85. The van der Waals surface area contributed by atoms with Crippen molar-refractivity contribution in [2.45, 2.75) is 32.9 Å². The van der Waals surface area contributed by atoms with E-state index in [1.165, 1.54) is 4.90 Å². The smallest absolute Gasteiger partial charge is 0.244 e. The van der Waals surface area contributed by atoms with Crippen molar-refractivity contribution in [3.05, 3.63) is 102 Å². The van der Waals surface area contributed by atoms with Gasteiger partial charge in [-0.15, -0.1) is 0 Å². The number of benzene rings is 3. The first-order chi connectivity index (χ1) is 17.2. The Morgan fingerprint density at radius 2 is 1.50 bits per heavy atom. The van der Waals surface area contributed by atoms with Crippen molar-refractivity contribution in [1.82, 2.24) is 10.2 Å². The first kappa shape index (κ1) is 26.9. The molecule has 0 bridgehead atoms. The van der Waals surface area contributed by atoms with E-state index in [9.17, 15) is 18.0 Å². The van der Waals surface area contributed by atoms with Crippen molar-refractivity contribution in [3.63, 3.8) is 0 Å². The lowest BCUT2D eigenvalue weighted by atomic mass is 10.0. The van der Waals surface area contributed by atoms with E-state index >= 15 is 0 Å². The van der Waals surface area contributed by atoms with Crippen molar-refractivity contribution in [2.24, 2.45) is 0 Å². The Labute approximate surface area is 213 Å². The van der Waals surface area contributed by atoms with Crippen LogP contribution in [0, 0.1) is 6.92 Å². The first-order valence-corrected chi connectivity index (χ1v) is 13.7. The zero-order valence-corrected chi connectivity index (χ0v) is 21.7. The highest BCUT2D eigenvalue weighted by molar-refractivity contribution is 7.92. The Morgan fingerprint density at radius 3 is 2.08 bits per heavy atom. The normalized spacial score (nSPS) is 12.0. The molecule has 8 heteroatoms. The molecule has 0 aliphatic carbocycles. The molecule has 0 aliphatic heterocycles. The van der Waals surface area contributed by atoms with Crippen molar-refractivity contribution < 1.29 is 18.0 Å². The van der Waals surface area contributed by atoms with Crippen LogP contribution in [0.15, 0.2) is 84.9 Å². The number of hydrogen-bond acceptors (Lipinski definition) is 4. The van der Waals surface area contributed by atoms with Crippen LogP contribution in [0.2, 0.25) is 0 Å². The zero-order valence-electron chi connectivity index (χ0n) is 20.9. The van der Waals surface area contributed by atoms with Crippen molar-refractivity contribution in [3.8, 4) is 0 Å². The number of hydrogen-bond donors (Lipinski definition) is 1. The molecule has 0 unspecified atom stereocenters. The van der Waals surface area contributed by atoms with E-state index in [0.29, 0.717) is 18.7 Å². The quantitative estimate of drug-likeness (QED) is 0.430. The van der Waals surface area contributed by atoms with Crippen molar-refractivity contribution >= 4 is 27.5 Å². The van der Waals surface area contributed by atoms with Gasteiger partial charge in [-0.05, 0) is 37.1 Å². The summed E-state index contributed by atoms with van der Waals surface area (Å²) < 4.78 is 26.4. The van der Waals surface area contributed by atoms with Gasteiger partial charge in [-0.2, -0.15) is 0 Å². The predicted octanol–water partition coefficient (Wildman–Crippen LogP) is 3.54. The highest BCUT2D eigenvalue weighted by Gasteiger charge is 2.32. The molecule has 2 amide bonds. The summed E-state index contributed by atoms with van der Waals surface area (Å²) in [6, 6.07) is 24.9. The number of aryl methyl sites for hydroxylation is 1. The Hall–Kier alpha value is -3.65. The van der Waals surface area contributed by atoms with E-state index in [4.69, 9.17) is 0 Å². The lowest BCUT2D eigenvalue weighted by Gasteiger charge is -2.33. The molecule has 0 saturated carbocycles. The van der Waals surface area contributed by atoms with Crippen LogP contribution in [0.5, 0.6) is 0 Å².